The number of carbonyl (C=O) groups excluding carboxylic acids is 2. The summed E-state index contributed by atoms with van der Waals surface area (Å²) in [5.74, 6) is -0.588. The highest BCUT2D eigenvalue weighted by Crippen LogP contribution is 2.23. The summed E-state index contributed by atoms with van der Waals surface area (Å²) in [4.78, 5) is 33.9. The summed E-state index contributed by atoms with van der Waals surface area (Å²) in [6, 6.07) is 11.2. The summed E-state index contributed by atoms with van der Waals surface area (Å²) in [5.41, 5.74) is 2.53. The number of nitrogens with zero attached hydrogens (tertiary/aromatic N) is 1. The Balaban J connectivity index is 1.99. The number of anilines is 2. The molecular formula is C20H20N4O4S. The highest BCUT2D eigenvalue weighted by atomic mass is 32.1. The van der Waals surface area contributed by atoms with Gasteiger partial charge in [0.25, 0.3) is 5.69 Å². The number of carbonyl (C=O) groups is 2. The SMILES string of the molecule is CCC(=O)Nc1cccc(NC(=S)NC(=O)/C=C/c2cccc([N+](=O)[O-])c2)c1C. The molecule has 0 aliphatic carbocycles. The van der Waals surface area contributed by atoms with Crippen LogP contribution in [0.15, 0.2) is 48.5 Å². The molecule has 0 aliphatic rings. The summed E-state index contributed by atoms with van der Waals surface area (Å²) in [5, 5.41) is 19.1. The van der Waals surface area contributed by atoms with Crippen LogP contribution < -0.4 is 16.0 Å². The lowest BCUT2D eigenvalue weighted by molar-refractivity contribution is -0.384. The molecule has 2 amide bonds. The number of non-ortho nitro benzene ring substituents is 1. The van der Waals surface area contributed by atoms with Crippen LogP contribution in [0.5, 0.6) is 0 Å². The number of amides is 2. The Kier molecular flexibility index (Phi) is 7.55. The molecule has 2 aromatic rings. The minimum Gasteiger partial charge on any atom is -0.332 e. The Labute approximate surface area is 173 Å². The average molecular weight is 412 g/mol. The van der Waals surface area contributed by atoms with Gasteiger partial charge >= 0.3 is 0 Å². The third-order valence-corrected chi connectivity index (χ3v) is 4.13. The van der Waals surface area contributed by atoms with Crippen LogP contribution in [0.25, 0.3) is 6.08 Å². The van der Waals surface area contributed by atoms with E-state index in [2.05, 4.69) is 16.0 Å². The molecule has 0 saturated carbocycles. The molecule has 0 bridgehead atoms. The van der Waals surface area contributed by atoms with Crippen LogP contribution in [0.3, 0.4) is 0 Å². The van der Waals surface area contributed by atoms with Gasteiger partial charge in [0, 0.05) is 36.0 Å². The van der Waals surface area contributed by atoms with E-state index in [1.54, 1.807) is 31.2 Å². The fraction of sp³-hybridized carbons (Fsp3) is 0.150. The maximum Gasteiger partial charge on any atom is 0.270 e. The van der Waals surface area contributed by atoms with E-state index < -0.39 is 10.8 Å². The van der Waals surface area contributed by atoms with Gasteiger partial charge in [0.1, 0.15) is 0 Å². The molecule has 8 nitrogen and oxygen atoms in total. The van der Waals surface area contributed by atoms with Crippen molar-refractivity contribution in [1.82, 2.24) is 5.32 Å². The van der Waals surface area contributed by atoms with Crippen molar-refractivity contribution >= 4 is 52.3 Å². The zero-order valence-corrected chi connectivity index (χ0v) is 16.7. The van der Waals surface area contributed by atoms with Gasteiger partial charge in [0.05, 0.1) is 4.92 Å². The highest BCUT2D eigenvalue weighted by Gasteiger charge is 2.09. The standard InChI is InChI=1S/C20H20N4O4S/c1-3-18(25)21-16-8-5-9-17(13(16)2)22-20(29)23-19(26)11-10-14-6-4-7-15(12-14)24(27)28/h4-12H,3H2,1-2H3,(H,21,25)(H2,22,23,26,29)/b11-10+. The first-order valence-electron chi connectivity index (χ1n) is 8.74. The third kappa shape index (κ3) is 6.51. The Hall–Kier alpha value is -3.59. The second-order valence-corrected chi connectivity index (χ2v) is 6.42. The summed E-state index contributed by atoms with van der Waals surface area (Å²) in [6.07, 6.45) is 3.05. The van der Waals surface area contributed by atoms with Crippen LogP contribution in [-0.2, 0) is 9.59 Å². The lowest BCUT2D eigenvalue weighted by Gasteiger charge is -2.14. The average Bonchev–Trinajstić information content (AvgIpc) is 2.69. The Morgan fingerprint density at radius 3 is 2.45 bits per heavy atom. The van der Waals surface area contributed by atoms with E-state index in [1.807, 2.05) is 6.92 Å². The first kappa shape index (κ1) is 21.7. The maximum atomic E-state index is 12.1. The molecule has 3 N–H and O–H groups in total. The van der Waals surface area contributed by atoms with Crippen LogP contribution in [0.1, 0.15) is 24.5 Å². The third-order valence-electron chi connectivity index (χ3n) is 3.92. The number of benzene rings is 2. The van der Waals surface area contributed by atoms with E-state index in [9.17, 15) is 19.7 Å². The zero-order chi connectivity index (χ0) is 21.4. The molecule has 0 aliphatic heterocycles. The Bertz CT molecular complexity index is 988. The van der Waals surface area contributed by atoms with Gasteiger partial charge in [-0.1, -0.05) is 25.1 Å². The van der Waals surface area contributed by atoms with Gasteiger partial charge in [0.15, 0.2) is 5.11 Å². The number of thiocarbonyl (C=S) groups is 1. The number of nitro groups is 1. The molecule has 2 rings (SSSR count). The predicted molar refractivity (Wildman–Crippen MR) is 117 cm³/mol. The van der Waals surface area contributed by atoms with Crippen molar-refractivity contribution in [3.8, 4) is 0 Å². The van der Waals surface area contributed by atoms with Crippen LogP contribution in [0.2, 0.25) is 0 Å². The molecule has 0 unspecified atom stereocenters. The van der Waals surface area contributed by atoms with E-state index in [0.717, 1.165) is 5.56 Å². The number of nitrogens with one attached hydrogen (secondary N) is 3. The van der Waals surface area contributed by atoms with Crippen LogP contribution >= 0.6 is 12.2 Å². The van der Waals surface area contributed by atoms with Gasteiger partial charge in [-0.05, 0) is 48.5 Å². The molecule has 0 spiro atoms. The largest absolute Gasteiger partial charge is 0.332 e. The molecule has 0 fully saturated rings. The van der Waals surface area contributed by atoms with Crippen LogP contribution in [-0.4, -0.2) is 21.9 Å². The van der Waals surface area contributed by atoms with E-state index in [4.69, 9.17) is 12.2 Å². The minimum atomic E-state index is -0.504. The second kappa shape index (κ2) is 10.1. The van der Waals surface area contributed by atoms with Crippen LogP contribution in [0, 0.1) is 17.0 Å². The molecular weight excluding hydrogens is 392 g/mol. The number of rotatable bonds is 6. The lowest BCUT2D eigenvalue weighted by atomic mass is 10.1. The van der Waals surface area contributed by atoms with Gasteiger partial charge in [-0.2, -0.15) is 0 Å². The van der Waals surface area contributed by atoms with Gasteiger partial charge < -0.3 is 10.6 Å². The van der Waals surface area contributed by atoms with Gasteiger partial charge in [-0.25, -0.2) is 0 Å². The molecule has 0 heterocycles. The van der Waals surface area contributed by atoms with Crippen molar-refractivity contribution in [3.63, 3.8) is 0 Å². The molecule has 150 valence electrons. The monoisotopic (exact) mass is 412 g/mol. The summed E-state index contributed by atoms with van der Waals surface area (Å²) in [6.45, 7) is 3.58. The second-order valence-electron chi connectivity index (χ2n) is 6.01. The number of hydrogen-bond acceptors (Lipinski definition) is 5. The van der Waals surface area contributed by atoms with Crippen molar-refractivity contribution in [1.29, 1.82) is 0 Å². The minimum absolute atomic E-state index is 0.0599. The molecule has 0 radical (unpaired) electrons. The van der Waals surface area contributed by atoms with Gasteiger partial charge in [0.2, 0.25) is 11.8 Å². The van der Waals surface area contributed by atoms with Gasteiger partial charge in [-0.3, -0.25) is 25.0 Å². The van der Waals surface area contributed by atoms with E-state index in [1.165, 1.54) is 30.4 Å². The number of hydrogen-bond donors (Lipinski definition) is 3. The van der Waals surface area contributed by atoms with E-state index >= 15 is 0 Å². The first-order chi connectivity index (χ1) is 13.8. The quantitative estimate of drug-likeness (QED) is 0.288. The van der Waals surface area contributed by atoms with Crippen molar-refractivity contribution in [3.05, 3.63) is 69.8 Å². The fourth-order valence-corrected chi connectivity index (χ4v) is 2.58. The predicted octanol–water partition coefficient (Wildman–Crippen LogP) is 3.78. The maximum absolute atomic E-state index is 12.1. The summed E-state index contributed by atoms with van der Waals surface area (Å²) in [7, 11) is 0. The normalized spacial score (nSPS) is 10.4. The smallest absolute Gasteiger partial charge is 0.270 e. The molecule has 2 aromatic carbocycles. The Morgan fingerprint density at radius 2 is 1.79 bits per heavy atom. The van der Waals surface area contributed by atoms with E-state index in [0.29, 0.717) is 23.4 Å². The van der Waals surface area contributed by atoms with Crippen molar-refractivity contribution < 1.29 is 14.5 Å². The van der Waals surface area contributed by atoms with E-state index in [-0.39, 0.29) is 16.7 Å². The Morgan fingerprint density at radius 1 is 1.14 bits per heavy atom. The fourth-order valence-electron chi connectivity index (χ4n) is 2.37. The zero-order valence-electron chi connectivity index (χ0n) is 15.9. The van der Waals surface area contributed by atoms with Crippen molar-refractivity contribution in [2.45, 2.75) is 20.3 Å². The molecule has 0 saturated heterocycles. The topological polar surface area (TPSA) is 113 Å². The molecule has 9 heteroatoms. The summed E-state index contributed by atoms with van der Waals surface area (Å²) >= 11 is 5.16. The summed E-state index contributed by atoms with van der Waals surface area (Å²) < 4.78 is 0. The van der Waals surface area contributed by atoms with Crippen LogP contribution in [0.4, 0.5) is 17.1 Å². The molecule has 0 aromatic heterocycles. The first-order valence-corrected chi connectivity index (χ1v) is 9.15. The lowest BCUT2D eigenvalue weighted by Crippen LogP contribution is -2.33. The van der Waals surface area contributed by atoms with Gasteiger partial charge in [-0.15, -0.1) is 0 Å². The molecule has 0 atom stereocenters. The van der Waals surface area contributed by atoms with Crippen molar-refractivity contribution in [2.24, 2.45) is 0 Å². The number of nitro benzene ring substituents is 1. The highest BCUT2D eigenvalue weighted by molar-refractivity contribution is 7.80. The van der Waals surface area contributed by atoms with Crippen molar-refractivity contribution in [2.75, 3.05) is 10.6 Å². The molecule has 29 heavy (non-hydrogen) atoms.